The third kappa shape index (κ3) is 2.51. The van der Waals surface area contributed by atoms with Gasteiger partial charge < -0.3 is 5.11 Å². The zero-order valence-electron chi connectivity index (χ0n) is 12.7. The molecule has 0 amide bonds. The first-order valence-electron chi connectivity index (χ1n) is 7.20. The predicted octanol–water partition coefficient (Wildman–Crippen LogP) is 4.09. The van der Waals surface area contributed by atoms with Crippen molar-refractivity contribution in [2.24, 2.45) is 5.10 Å². The van der Waals surface area contributed by atoms with Gasteiger partial charge in [-0.1, -0.05) is 29.8 Å². The summed E-state index contributed by atoms with van der Waals surface area (Å²) >= 11 is 0. The smallest absolute Gasteiger partial charge is 0.124 e. The molecule has 21 heavy (non-hydrogen) atoms. The van der Waals surface area contributed by atoms with Crippen LogP contribution < -0.4 is 5.01 Å². The maximum atomic E-state index is 10.1. The molecule has 0 saturated carbocycles. The number of phenolic OH excluding ortho intramolecular Hbond substituents is 1. The van der Waals surface area contributed by atoms with Crippen molar-refractivity contribution in [1.82, 2.24) is 0 Å². The standard InChI is InChI=1S/C18H20N2O/c1-13-9-10-17(21)15(11-13)16-12-18(2,3)20(19-16)14-7-5-4-6-8-14/h4-11,21H,12H2,1-3H3. The second kappa shape index (κ2) is 4.92. The van der Waals surface area contributed by atoms with Crippen LogP contribution in [0.3, 0.4) is 0 Å². The Hall–Kier alpha value is -2.29. The first-order chi connectivity index (χ1) is 9.97. The molecular formula is C18H20N2O. The number of rotatable bonds is 2. The van der Waals surface area contributed by atoms with Crippen molar-refractivity contribution in [3.63, 3.8) is 0 Å². The van der Waals surface area contributed by atoms with Gasteiger partial charge in [-0.25, -0.2) is 0 Å². The molecule has 0 saturated heterocycles. The van der Waals surface area contributed by atoms with Gasteiger partial charge in [-0.3, -0.25) is 5.01 Å². The largest absolute Gasteiger partial charge is 0.507 e. The van der Waals surface area contributed by atoms with Gasteiger partial charge in [0.1, 0.15) is 5.75 Å². The SMILES string of the molecule is Cc1ccc(O)c(C2=NN(c3ccccc3)C(C)(C)C2)c1. The number of phenols is 1. The van der Waals surface area contributed by atoms with Gasteiger partial charge in [0, 0.05) is 12.0 Å². The Morgan fingerprint density at radius 2 is 1.81 bits per heavy atom. The van der Waals surface area contributed by atoms with Gasteiger partial charge in [0.15, 0.2) is 0 Å². The minimum absolute atomic E-state index is 0.104. The molecule has 0 atom stereocenters. The lowest BCUT2D eigenvalue weighted by Crippen LogP contribution is -2.36. The van der Waals surface area contributed by atoms with E-state index in [0.717, 1.165) is 28.9 Å². The van der Waals surface area contributed by atoms with E-state index in [1.54, 1.807) is 6.07 Å². The molecule has 0 fully saturated rings. The van der Waals surface area contributed by atoms with Gasteiger partial charge in [-0.2, -0.15) is 5.10 Å². The molecule has 3 heteroatoms. The Bertz CT molecular complexity index is 690. The zero-order chi connectivity index (χ0) is 15.0. The van der Waals surface area contributed by atoms with E-state index in [2.05, 4.69) is 26.0 Å². The normalized spacial score (nSPS) is 16.9. The molecule has 108 valence electrons. The monoisotopic (exact) mass is 280 g/mol. The summed E-state index contributed by atoms with van der Waals surface area (Å²) in [4.78, 5) is 0. The molecular weight excluding hydrogens is 260 g/mol. The summed E-state index contributed by atoms with van der Waals surface area (Å²) < 4.78 is 0. The highest BCUT2D eigenvalue weighted by Gasteiger charge is 2.36. The van der Waals surface area contributed by atoms with Gasteiger partial charge in [0.05, 0.1) is 16.9 Å². The Balaban J connectivity index is 2.04. The quantitative estimate of drug-likeness (QED) is 0.899. The predicted molar refractivity (Wildman–Crippen MR) is 87.0 cm³/mol. The van der Waals surface area contributed by atoms with E-state index in [1.807, 2.05) is 42.3 Å². The summed E-state index contributed by atoms with van der Waals surface area (Å²) in [5.41, 5.74) is 3.87. The maximum Gasteiger partial charge on any atom is 0.124 e. The summed E-state index contributed by atoms with van der Waals surface area (Å²) in [6, 6.07) is 15.8. The summed E-state index contributed by atoms with van der Waals surface area (Å²) in [5.74, 6) is 0.296. The number of hydrazone groups is 1. The number of hydrogen-bond acceptors (Lipinski definition) is 3. The van der Waals surface area contributed by atoms with Gasteiger partial charge >= 0.3 is 0 Å². The highest BCUT2D eigenvalue weighted by atomic mass is 16.3. The lowest BCUT2D eigenvalue weighted by Gasteiger charge is -2.30. The van der Waals surface area contributed by atoms with Crippen LogP contribution in [0.15, 0.2) is 53.6 Å². The number of benzene rings is 2. The molecule has 1 aliphatic heterocycles. The lowest BCUT2D eigenvalue weighted by molar-refractivity contribution is 0.473. The second-order valence-electron chi connectivity index (χ2n) is 6.20. The number of hydrogen-bond donors (Lipinski definition) is 1. The van der Waals surface area contributed by atoms with Crippen LogP contribution in [0.5, 0.6) is 5.75 Å². The number of nitrogens with zero attached hydrogens (tertiary/aromatic N) is 2. The van der Waals surface area contributed by atoms with Gasteiger partial charge in [-0.15, -0.1) is 0 Å². The first kappa shape index (κ1) is 13.7. The minimum Gasteiger partial charge on any atom is -0.507 e. The summed E-state index contributed by atoms with van der Waals surface area (Å²) in [5, 5.41) is 16.9. The van der Waals surface area contributed by atoms with Crippen LogP contribution in [-0.2, 0) is 0 Å². The number of anilines is 1. The van der Waals surface area contributed by atoms with Crippen molar-refractivity contribution in [3.05, 3.63) is 59.7 Å². The number of aryl methyl sites for hydroxylation is 1. The van der Waals surface area contributed by atoms with Crippen LogP contribution in [0, 0.1) is 6.92 Å². The van der Waals surface area contributed by atoms with E-state index >= 15 is 0 Å². The molecule has 3 rings (SSSR count). The van der Waals surface area contributed by atoms with Gasteiger partial charge in [-0.05, 0) is 45.0 Å². The van der Waals surface area contributed by atoms with Crippen LogP contribution in [-0.4, -0.2) is 16.4 Å². The molecule has 2 aromatic carbocycles. The zero-order valence-corrected chi connectivity index (χ0v) is 12.7. The van der Waals surface area contributed by atoms with E-state index < -0.39 is 0 Å². The second-order valence-corrected chi connectivity index (χ2v) is 6.20. The van der Waals surface area contributed by atoms with Crippen molar-refractivity contribution in [3.8, 4) is 5.75 Å². The molecule has 2 aromatic rings. The van der Waals surface area contributed by atoms with Crippen LogP contribution in [0.2, 0.25) is 0 Å². The Morgan fingerprint density at radius 1 is 1.10 bits per heavy atom. The highest BCUT2D eigenvalue weighted by Crippen LogP contribution is 2.35. The van der Waals surface area contributed by atoms with Crippen molar-refractivity contribution in [2.75, 3.05) is 5.01 Å². The molecule has 3 nitrogen and oxygen atoms in total. The Labute approximate surface area is 125 Å². The number of para-hydroxylation sites is 1. The fourth-order valence-corrected chi connectivity index (χ4v) is 2.78. The number of aromatic hydroxyl groups is 1. The summed E-state index contributed by atoms with van der Waals surface area (Å²) in [6.07, 6.45) is 0.804. The molecule has 1 heterocycles. The first-order valence-corrected chi connectivity index (χ1v) is 7.20. The van der Waals surface area contributed by atoms with Crippen molar-refractivity contribution >= 4 is 11.4 Å². The van der Waals surface area contributed by atoms with E-state index in [4.69, 9.17) is 5.10 Å². The molecule has 0 unspecified atom stereocenters. The molecule has 0 radical (unpaired) electrons. The van der Waals surface area contributed by atoms with E-state index in [9.17, 15) is 5.11 Å². The summed E-state index contributed by atoms with van der Waals surface area (Å²) in [6.45, 7) is 6.37. The lowest BCUT2D eigenvalue weighted by atomic mass is 9.93. The van der Waals surface area contributed by atoms with Gasteiger partial charge in [0.2, 0.25) is 0 Å². The molecule has 1 aliphatic rings. The van der Waals surface area contributed by atoms with Crippen LogP contribution in [0.25, 0.3) is 0 Å². The topological polar surface area (TPSA) is 35.8 Å². The average molecular weight is 280 g/mol. The Morgan fingerprint density at radius 3 is 2.52 bits per heavy atom. The molecule has 0 aromatic heterocycles. The van der Waals surface area contributed by atoms with E-state index in [1.165, 1.54) is 0 Å². The van der Waals surface area contributed by atoms with Gasteiger partial charge in [0.25, 0.3) is 0 Å². The Kier molecular flexibility index (Phi) is 3.20. The van der Waals surface area contributed by atoms with Crippen molar-refractivity contribution < 1.29 is 5.11 Å². The van der Waals surface area contributed by atoms with E-state index in [-0.39, 0.29) is 5.54 Å². The minimum atomic E-state index is -0.104. The fraction of sp³-hybridized carbons (Fsp3) is 0.278. The highest BCUT2D eigenvalue weighted by molar-refractivity contribution is 6.05. The fourth-order valence-electron chi connectivity index (χ4n) is 2.78. The van der Waals surface area contributed by atoms with Crippen LogP contribution in [0.1, 0.15) is 31.4 Å². The van der Waals surface area contributed by atoms with Crippen molar-refractivity contribution in [2.45, 2.75) is 32.7 Å². The third-order valence-corrected chi connectivity index (χ3v) is 3.86. The molecule has 0 aliphatic carbocycles. The van der Waals surface area contributed by atoms with E-state index in [0.29, 0.717) is 5.75 Å². The third-order valence-electron chi connectivity index (χ3n) is 3.86. The van der Waals surface area contributed by atoms with Crippen LogP contribution >= 0.6 is 0 Å². The summed E-state index contributed by atoms with van der Waals surface area (Å²) in [7, 11) is 0. The van der Waals surface area contributed by atoms with Crippen molar-refractivity contribution in [1.29, 1.82) is 0 Å². The maximum absolute atomic E-state index is 10.1. The molecule has 0 spiro atoms. The van der Waals surface area contributed by atoms with Crippen LogP contribution in [0.4, 0.5) is 5.69 Å². The average Bonchev–Trinajstić information content (AvgIpc) is 2.78. The molecule has 1 N–H and O–H groups in total. The molecule has 0 bridgehead atoms.